The van der Waals surface area contributed by atoms with Crippen LogP contribution in [0.1, 0.15) is 25.3 Å². The number of amides is 1. The van der Waals surface area contributed by atoms with Gasteiger partial charge in [0.25, 0.3) is 0 Å². The van der Waals surface area contributed by atoms with Crippen LogP contribution in [0.5, 0.6) is 11.5 Å². The van der Waals surface area contributed by atoms with Gasteiger partial charge in [-0.25, -0.2) is 0 Å². The molecule has 0 heterocycles. The molecule has 0 atom stereocenters. The lowest BCUT2D eigenvalue weighted by atomic mass is 10.2. The van der Waals surface area contributed by atoms with E-state index < -0.39 is 0 Å². The highest BCUT2D eigenvalue weighted by atomic mass is 16.5. The number of hydrogen-bond acceptors (Lipinski definition) is 4. The molecule has 5 nitrogen and oxygen atoms in total. The topological polar surface area (TPSA) is 59.0 Å². The Balaban J connectivity index is 2.59. The summed E-state index contributed by atoms with van der Waals surface area (Å²) in [5.74, 6) is 1.27. The SMILES string of the molecule is CCOc1cccc(CO)c1OCCCC(=O)N(C)C. The first-order chi connectivity index (χ1) is 9.60. The minimum atomic E-state index is -0.104. The fourth-order valence-electron chi connectivity index (χ4n) is 1.74. The molecule has 0 fully saturated rings. The van der Waals surface area contributed by atoms with Crippen molar-refractivity contribution in [3.05, 3.63) is 23.8 Å². The molecule has 0 aliphatic carbocycles. The van der Waals surface area contributed by atoms with E-state index in [1.54, 1.807) is 25.1 Å². The molecule has 0 aromatic heterocycles. The smallest absolute Gasteiger partial charge is 0.222 e. The summed E-state index contributed by atoms with van der Waals surface area (Å²) in [4.78, 5) is 13.0. The Morgan fingerprint density at radius 3 is 2.65 bits per heavy atom. The summed E-state index contributed by atoms with van der Waals surface area (Å²) < 4.78 is 11.2. The van der Waals surface area contributed by atoms with Gasteiger partial charge < -0.3 is 19.5 Å². The van der Waals surface area contributed by atoms with Crippen molar-refractivity contribution in [1.29, 1.82) is 0 Å². The number of aliphatic hydroxyl groups excluding tert-OH is 1. The number of carbonyl (C=O) groups excluding carboxylic acids is 1. The van der Waals surface area contributed by atoms with Crippen molar-refractivity contribution in [1.82, 2.24) is 4.90 Å². The van der Waals surface area contributed by atoms with Crippen LogP contribution in [0.4, 0.5) is 0 Å². The average Bonchev–Trinajstić information content (AvgIpc) is 2.44. The summed E-state index contributed by atoms with van der Waals surface area (Å²) in [6, 6.07) is 5.42. The van der Waals surface area contributed by atoms with E-state index in [-0.39, 0.29) is 12.5 Å². The summed E-state index contributed by atoms with van der Waals surface area (Å²) in [5.41, 5.74) is 0.690. The molecule has 5 heteroatoms. The molecule has 0 spiro atoms. The zero-order chi connectivity index (χ0) is 15.0. The minimum Gasteiger partial charge on any atom is -0.490 e. The second kappa shape index (κ2) is 8.43. The normalized spacial score (nSPS) is 10.2. The van der Waals surface area contributed by atoms with Crippen LogP contribution in [0.2, 0.25) is 0 Å². The Kier molecular flexibility index (Phi) is 6.87. The van der Waals surface area contributed by atoms with Gasteiger partial charge in [-0.05, 0) is 19.4 Å². The molecule has 112 valence electrons. The van der Waals surface area contributed by atoms with Crippen molar-refractivity contribution in [2.24, 2.45) is 0 Å². The van der Waals surface area contributed by atoms with Gasteiger partial charge in [0.2, 0.25) is 5.91 Å². The third-order valence-corrected chi connectivity index (χ3v) is 2.81. The Morgan fingerprint density at radius 2 is 2.05 bits per heavy atom. The third kappa shape index (κ3) is 4.74. The molecule has 1 aromatic rings. The quantitative estimate of drug-likeness (QED) is 0.738. The monoisotopic (exact) mass is 281 g/mol. The molecule has 1 aromatic carbocycles. The van der Waals surface area contributed by atoms with Gasteiger partial charge in [-0.2, -0.15) is 0 Å². The number of carbonyl (C=O) groups is 1. The van der Waals surface area contributed by atoms with E-state index in [4.69, 9.17) is 9.47 Å². The van der Waals surface area contributed by atoms with Crippen molar-refractivity contribution in [3.63, 3.8) is 0 Å². The average molecular weight is 281 g/mol. The zero-order valence-corrected chi connectivity index (χ0v) is 12.4. The van der Waals surface area contributed by atoms with Gasteiger partial charge in [0.1, 0.15) is 0 Å². The third-order valence-electron chi connectivity index (χ3n) is 2.81. The van der Waals surface area contributed by atoms with Gasteiger partial charge in [0.05, 0.1) is 19.8 Å². The van der Waals surface area contributed by atoms with Crippen molar-refractivity contribution in [2.45, 2.75) is 26.4 Å². The van der Waals surface area contributed by atoms with E-state index in [1.165, 1.54) is 0 Å². The molecule has 0 unspecified atom stereocenters. The van der Waals surface area contributed by atoms with Gasteiger partial charge in [-0.3, -0.25) is 4.79 Å². The second-order valence-electron chi connectivity index (χ2n) is 4.58. The van der Waals surface area contributed by atoms with Crippen LogP contribution < -0.4 is 9.47 Å². The molecule has 0 aliphatic heterocycles. The summed E-state index contributed by atoms with van der Waals surface area (Å²) in [6.45, 7) is 2.74. The molecule has 20 heavy (non-hydrogen) atoms. The first-order valence-electron chi connectivity index (χ1n) is 6.78. The molecule has 1 rings (SSSR count). The Bertz CT molecular complexity index is 432. The lowest BCUT2D eigenvalue weighted by Crippen LogP contribution is -2.21. The summed E-state index contributed by atoms with van der Waals surface area (Å²) in [7, 11) is 3.47. The minimum absolute atomic E-state index is 0.0778. The first-order valence-corrected chi connectivity index (χ1v) is 6.78. The maximum Gasteiger partial charge on any atom is 0.222 e. The zero-order valence-electron chi connectivity index (χ0n) is 12.4. The van der Waals surface area contributed by atoms with E-state index in [1.807, 2.05) is 19.1 Å². The lowest BCUT2D eigenvalue weighted by molar-refractivity contribution is -0.128. The van der Waals surface area contributed by atoms with Crippen molar-refractivity contribution in [3.8, 4) is 11.5 Å². The molecule has 0 radical (unpaired) electrons. The van der Waals surface area contributed by atoms with Crippen LogP contribution >= 0.6 is 0 Å². The molecule has 0 saturated carbocycles. The highest BCUT2D eigenvalue weighted by Crippen LogP contribution is 2.31. The molecule has 0 aliphatic rings. The number of ether oxygens (including phenoxy) is 2. The van der Waals surface area contributed by atoms with E-state index in [0.717, 1.165) is 0 Å². The predicted octanol–water partition coefficient (Wildman–Crippen LogP) is 1.82. The Morgan fingerprint density at radius 1 is 1.30 bits per heavy atom. The van der Waals surface area contributed by atoms with Crippen LogP contribution in [0.3, 0.4) is 0 Å². The van der Waals surface area contributed by atoms with E-state index in [9.17, 15) is 9.90 Å². The molecule has 1 N–H and O–H groups in total. The maximum absolute atomic E-state index is 11.5. The van der Waals surface area contributed by atoms with Crippen molar-refractivity contribution >= 4 is 5.91 Å². The van der Waals surface area contributed by atoms with E-state index in [0.29, 0.717) is 43.1 Å². The van der Waals surface area contributed by atoms with Gasteiger partial charge in [0.15, 0.2) is 11.5 Å². The number of aliphatic hydroxyl groups is 1. The predicted molar refractivity (Wildman–Crippen MR) is 77.0 cm³/mol. The number of benzene rings is 1. The highest BCUT2D eigenvalue weighted by molar-refractivity contribution is 5.75. The van der Waals surface area contributed by atoms with Crippen LogP contribution in [-0.4, -0.2) is 43.2 Å². The summed E-state index contributed by atoms with van der Waals surface area (Å²) in [6.07, 6.45) is 1.07. The molecule has 1 amide bonds. The van der Waals surface area contributed by atoms with Gasteiger partial charge >= 0.3 is 0 Å². The molecular formula is C15H23NO4. The first kappa shape index (κ1) is 16.3. The van der Waals surface area contributed by atoms with Crippen LogP contribution in [0, 0.1) is 0 Å². The van der Waals surface area contributed by atoms with E-state index >= 15 is 0 Å². The highest BCUT2D eigenvalue weighted by Gasteiger charge is 2.11. The lowest BCUT2D eigenvalue weighted by Gasteiger charge is -2.15. The molecular weight excluding hydrogens is 258 g/mol. The molecule has 0 saturated heterocycles. The second-order valence-corrected chi connectivity index (χ2v) is 4.58. The van der Waals surface area contributed by atoms with Gasteiger partial charge in [-0.1, -0.05) is 12.1 Å². The summed E-state index contributed by atoms with van der Waals surface area (Å²) in [5, 5.41) is 9.33. The van der Waals surface area contributed by atoms with E-state index in [2.05, 4.69) is 0 Å². The fourth-order valence-corrected chi connectivity index (χ4v) is 1.74. The molecule has 0 bridgehead atoms. The number of nitrogens with zero attached hydrogens (tertiary/aromatic N) is 1. The summed E-state index contributed by atoms with van der Waals surface area (Å²) >= 11 is 0. The van der Waals surface area contributed by atoms with Crippen LogP contribution in [0.25, 0.3) is 0 Å². The Hall–Kier alpha value is -1.75. The van der Waals surface area contributed by atoms with Gasteiger partial charge in [-0.15, -0.1) is 0 Å². The van der Waals surface area contributed by atoms with Crippen molar-refractivity contribution in [2.75, 3.05) is 27.3 Å². The number of rotatable bonds is 8. The number of hydrogen-bond donors (Lipinski definition) is 1. The largest absolute Gasteiger partial charge is 0.490 e. The maximum atomic E-state index is 11.5. The van der Waals surface area contributed by atoms with Crippen LogP contribution in [0.15, 0.2) is 18.2 Å². The standard InChI is InChI=1S/C15H23NO4/c1-4-19-13-8-5-7-12(11-17)15(13)20-10-6-9-14(18)16(2)3/h5,7-8,17H,4,6,9-11H2,1-3H3. The van der Waals surface area contributed by atoms with Gasteiger partial charge in [0, 0.05) is 26.1 Å². The van der Waals surface area contributed by atoms with Crippen LogP contribution in [-0.2, 0) is 11.4 Å². The Labute approximate surface area is 120 Å². The number of para-hydroxylation sites is 1. The van der Waals surface area contributed by atoms with Crippen molar-refractivity contribution < 1.29 is 19.4 Å². The fraction of sp³-hybridized carbons (Fsp3) is 0.533.